The fourth-order valence-electron chi connectivity index (χ4n) is 2.32. The quantitative estimate of drug-likeness (QED) is 0.394. The molecule has 25 heavy (non-hydrogen) atoms. The molecular weight excluding hydrogens is 431 g/mol. The number of guanidine groups is 1. The van der Waals surface area contributed by atoms with E-state index in [1.54, 1.807) is 7.11 Å². The maximum absolute atomic E-state index is 5.58. The van der Waals surface area contributed by atoms with Gasteiger partial charge in [-0.2, -0.15) is 0 Å². The van der Waals surface area contributed by atoms with E-state index in [-0.39, 0.29) is 24.0 Å². The van der Waals surface area contributed by atoms with E-state index in [2.05, 4.69) is 26.7 Å². The number of methoxy groups -OCH3 is 1. The number of halogens is 1. The number of aryl methyl sites for hydroxylation is 3. The van der Waals surface area contributed by atoms with Crippen molar-refractivity contribution in [1.29, 1.82) is 0 Å². The van der Waals surface area contributed by atoms with Gasteiger partial charge < -0.3 is 19.8 Å². The van der Waals surface area contributed by atoms with E-state index in [9.17, 15) is 0 Å². The normalized spacial score (nSPS) is 11.0. The summed E-state index contributed by atoms with van der Waals surface area (Å²) in [5, 5.41) is 6.47. The van der Waals surface area contributed by atoms with Gasteiger partial charge in [0, 0.05) is 6.54 Å². The predicted octanol–water partition coefficient (Wildman–Crippen LogP) is 3.48. The Kier molecular flexibility index (Phi) is 8.74. The van der Waals surface area contributed by atoms with Crippen LogP contribution in [-0.2, 0) is 13.1 Å². The van der Waals surface area contributed by atoms with E-state index < -0.39 is 0 Å². The number of aliphatic imine (C=N–C) groups is 1. The summed E-state index contributed by atoms with van der Waals surface area (Å²) in [6.45, 7) is 9.78. The van der Waals surface area contributed by atoms with Gasteiger partial charge in [-0.25, -0.2) is 9.98 Å². The van der Waals surface area contributed by atoms with Crippen LogP contribution in [0.3, 0.4) is 0 Å². The standard InChI is InChI=1S/C18H26N4O2.HI/c1-6-19-18(21-11-17-22-13(3)14(4)24-17)20-10-15-7-12(2)8-16(9-15)23-5;/h7-9H,6,10-11H2,1-5H3,(H2,19,20,21);1H. The molecule has 1 heterocycles. The van der Waals surface area contributed by atoms with Gasteiger partial charge in [-0.3, -0.25) is 0 Å². The molecule has 2 N–H and O–H groups in total. The van der Waals surface area contributed by atoms with Crippen LogP contribution in [0, 0.1) is 20.8 Å². The molecule has 0 bridgehead atoms. The summed E-state index contributed by atoms with van der Waals surface area (Å²) in [5.41, 5.74) is 3.18. The van der Waals surface area contributed by atoms with Gasteiger partial charge in [-0.05, 0) is 51.0 Å². The van der Waals surface area contributed by atoms with Crippen molar-refractivity contribution in [3.8, 4) is 5.75 Å². The highest BCUT2D eigenvalue weighted by atomic mass is 127. The number of hydrogen-bond donors (Lipinski definition) is 2. The maximum atomic E-state index is 5.58. The predicted molar refractivity (Wildman–Crippen MR) is 111 cm³/mol. The molecule has 7 heteroatoms. The third-order valence-electron chi connectivity index (χ3n) is 3.59. The van der Waals surface area contributed by atoms with Crippen LogP contribution in [0.2, 0.25) is 0 Å². The lowest BCUT2D eigenvalue weighted by atomic mass is 10.1. The van der Waals surface area contributed by atoms with Crippen molar-refractivity contribution in [2.24, 2.45) is 4.99 Å². The molecule has 2 aromatic rings. The monoisotopic (exact) mass is 458 g/mol. The van der Waals surface area contributed by atoms with Gasteiger partial charge in [-0.1, -0.05) is 6.07 Å². The number of nitrogens with one attached hydrogen (secondary N) is 2. The van der Waals surface area contributed by atoms with Gasteiger partial charge in [-0.15, -0.1) is 24.0 Å². The first-order valence-corrected chi connectivity index (χ1v) is 8.11. The second-order valence-electron chi connectivity index (χ2n) is 5.66. The summed E-state index contributed by atoms with van der Waals surface area (Å²) in [6, 6.07) is 6.11. The highest BCUT2D eigenvalue weighted by Crippen LogP contribution is 2.17. The minimum atomic E-state index is 0. The molecule has 0 unspecified atom stereocenters. The summed E-state index contributed by atoms with van der Waals surface area (Å²) in [7, 11) is 1.67. The third-order valence-corrected chi connectivity index (χ3v) is 3.59. The molecule has 0 aliphatic heterocycles. The second-order valence-corrected chi connectivity index (χ2v) is 5.66. The Labute approximate surface area is 166 Å². The molecule has 0 saturated carbocycles. The van der Waals surface area contributed by atoms with Crippen LogP contribution in [0.5, 0.6) is 5.75 Å². The Bertz CT molecular complexity index is 694. The minimum Gasteiger partial charge on any atom is -0.497 e. The Morgan fingerprint density at radius 1 is 1.20 bits per heavy atom. The van der Waals surface area contributed by atoms with Gasteiger partial charge in [0.15, 0.2) is 5.96 Å². The lowest BCUT2D eigenvalue weighted by Crippen LogP contribution is -2.36. The van der Waals surface area contributed by atoms with Gasteiger partial charge in [0.05, 0.1) is 25.9 Å². The van der Waals surface area contributed by atoms with Crippen molar-refractivity contribution < 1.29 is 9.15 Å². The van der Waals surface area contributed by atoms with Gasteiger partial charge >= 0.3 is 0 Å². The lowest BCUT2D eigenvalue weighted by Gasteiger charge is -2.10. The first kappa shape index (κ1) is 21.3. The number of aromatic nitrogens is 1. The molecule has 138 valence electrons. The molecule has 0 aliphatic carbocycles. The molecule has 2 rings (SSSR count). The Morgan fingerprint density at radius 3 is 2.56 bits per heavy atom. The summed E-state index contributed by atoms with van der Waals surface area (Å²) in [4.78, 5) is 8.98. The van der Waals surface area contributed by atoms with Crippen molar-refractivity contribution in [3.63, 3.8) is 0 Å². The zero-order valence-corrected chi connectivity index (χ0v) is 17.8. The summed E-state index contributed by atoms with van der Waals surface area (Å²) in [5.74, 6) is 3.09. The molecule has 1 aromatic heterocycles. The van der Waals surface area contributed by atoms with E-state index in [1.807, 2.05) is 39.8 Å². The zero-order chi connectivity index (χ0) is 17.5. The van der Waals surface area contributed by atoms with Crippen LogP contribution in [0.25, 0.3) is 0 Å². The molecule has 0 saturated heterocycles. The Morgan fingerprint density at radius 2 is 1.96 bits per heavy atom. The Balaban J connectivity index is 0.00000312. The number of hydrogen-bond acceptors (Lipinski definition) is 4. The van der Waals surface area contributed by atoms with Crippen molar-refractivity contribution in [1.82, 2.24) is 15.6 Å². The maximum Gasteiger partial charge on any atom is 0.214 e. The van der Waals surface area contributed by atoms with E-state index in [1.165, 1.54) is 0 Å². The van der Waals surface area contributed by atoms with Gasteiger partial charge in [0.1, 0.15) is 11.5 Å². The van der Waals surface area contributed by atoms with Crippen LogP contribution >= 0.6 is 24.0 Å². The number of ether oxygens (including phenoxy) is 1. The smallest absolute Gasteiger partial charge is 0.214 e. The van der Waals surface area contributed by atoms with E-state index >= 15 is 0 Å². The lowest BCUT2D eigenvalue weighted by molar-refractivity contribution is 0.414. The first-order chi connectivity index (χ1) is 11.5. The molecular formula is C18H27IN4O2. The number of oxazole rings is 1. The topological polar surface area (TPSA) is 71.7 Å². The highest BCUT2D eigenvalue weighted by Gasteiger charge is 2.06. The summed E-state index contributed by atoms with van der Waals surface area (Å²) < 4.78 is 10.9. The van der Waals surface area contributed by atoms with Crippen LogP contribution in [0.1, 0.15) is 35.4 Å². The number of rotatable bonds is 6. The zero-order valence-electron chi connectivity index (χ0n) is 15.5. The van der Waals surface area contributed by atoms with Crippen LogP contribution < -0.4 is 15.4 Å². The fourth-order valence-corrected chi connectivity index (χ4v) is 2.32. The van der Waals surface area contributed by atoms with Crippen molar-refractivity contribution in [2.45, 2.75) is 40.8 Å². The molecule has 0 radical (unpaired) electrons. The molecule has 0 atom stereocenters. The van der Waals surface area contributed by atoms with E-state index in [4.69, 9.17) is 9.15 Å². The van der Waals surface area contributed by atoms with Crippen molar-refractivity contribution in [3.05, 3.63) is 46.7 Å². The second kappa shape index (κ2) is 10.3. The van der Waals surface area contributed by atoms with Gasteiger partial charge in [0.2, 0.25) is 5.89 Å². The Hall–Kier alpha value is -1.77. The highest BCUT2D eigenvalue weighted by molar-refractivity contribution is 14.0. The van der Waals surface area contributed by atoms with Crippen molar-refractivity contribution in [2.75, 3.05) is 13.7 Å². The molecule has 0 fully saturated rings. The van der Waals surface area contributed by atoms with Crippen LogP contribution in [0.4, 0.5) is 0 Å². The van der Waals surface area contributed by atoms with Gasteiger partial charge in [0.25, 0.3) is 0 Å². The molecule has 0 spiro atoms. The molecule has 1 aromatic carbocycles. The summed E-state index contributed by atoms with van der Waals surface area (Å²) in [6.07, 6.45) is 0. The number of benzene rings is 1. The average molecular weight is 458 g/mol. The first-order valence-electron chi connectivity index (χ1n) is 8.11. The largest absolute Gasteiger partial charge is 0.497 e. The van der Waals surface area contributed by atoms with E-state index in [0.29, 0.717) is 19.0 Å². The minimum absolute atomic E-state index is 0. The molecule has 0 amide bonds. The average Bonchev–Trinajstić information content (AvgIpc) is 2.88. The number of nitrogens with zero attached hydrogens (tertiary/aromatic N) is 2. The van der Waals surface area contributed by atoms with Crippen molar-refractivity contribution >= 4 is 29.9 Å². The third kappa shape index (κ3) is 6.56. The van der Waals surface area contributed by atoms with E-state index in [0.717, 1.165) is 40.8 Å². The molecule has 0 aliphatic rings. The fraction of sp³-hybridized carbons (Fsp3) is 0.444. The SMILES string of the molecule is CCNC(=NCc1cc(C)cc(OC)c1)NCc1nc(C)c(C)o1.I. The summed E-state index contributed by atoms with van der Waals surface area (Å²) >= 11 is 0. The molecule has 6 nitrogen and oxygen atoms in total. The van der Waals surface area contributed by atoms with Crippen LogP contribution in [0.15, 0.2) is 27.6 Å². The van der Waals surface area contributed by atoms with Crippen LogP contribution in [-0.4, -0.2) is 24.6 Å².